The molecule has 1 aromatic carbocycles. The molecule has 0 bridgehead atoms. The molecule has 0 spiro atoms. The number of fused-ring (bicyclic) bond motifs is 1. The van der Waals surface area contributed by atoms with Gasteiger partial charge in [0, 0.05) is 16.8 Å². The van der Waals surface area contributed by atoms with E-state index >= 15 is 0 Å². The fraction of sp³-hybridized carbons (Fsp3) is 0.440. The maximum Gasteiger partial charge on any atom is 0.252 e. The number of pyridine rings is 1. The Bertz CT molecular complexity index is 931. The van der Waals surface area contributed by atoms with Crippen LogP contribution in [-0.2, 0) is 0 Å². The van der Waals surface area contributed by atoms with Crippen LogP contribution in [-0.4, -0.2) is 17.4 Å². The Kier molecular flexibility index (Phi) is 8.24. The maximum atomic E-state index is 12.9. The van der Waals surface area contributed by atoms with Crippen molar-refractivity contribution in [3.05, 3.63) is 52.9 Å². The zero-order chi connectivity index (χ0) is 20.5. The first-order valence-corrected chi connectivity index (χ1v) is 11.8. The molecule has 29 heavy (non-hydrogen) atoms. The summed E-state index contributed by atoms with van der Waals surface area (Å²) in [5.74, 6) is 0.000994. The first-order chi connectivity index (χ1) is 14.2. The summed E-state index contributed by atoms with van der Waals surface area (Å²) in [5, 5.41) is 4.04. The predicted molar refractivity (Wildman–Crippen MR) is 125 cm³/mol. The van der Waals surface area contributed by atoms with E-state index in [1.54, 1.807) is 11.3 Å². The number of unbranched alkanes of at least 4 members (excludes halogenated alkanes) is 7. The Balaban J connectivity index is 1.60. The van der Waals surface area contributed by atoms with Gasteiger partial charge in [0.2, 0.25) is 0 Å². The summed E-state index contributed by atoms with van der Waals surface area (Å²) in [6.07, 6.45) is 10.1. The molecular weight excluding hydrogens is 376 g/mol. The van der Waals surface area contributed by atoms with Crippen molar-refractivity contribution in [2.24, 2.45) is 0 Å². The van der Waals surface area contributed by atoms with Gasteiger partial charge in [0.1, 0.15) is 0 Å². The highest BCUT2D eigenvalue weighted by molar-refractivity contribution is 7.15. The molecule has 0 aliphatic rings. The lowest BCUT2D eigenvalue weighted by Crippen LogP contribution is -2.24. The number of aryl methyl sites for hydroxylation is 1. The highest BCUT2D eigenvalue weighted by atomic mass is 32.1. The van der Waals surface area contributed by atoms with Gasteiger partial charge < -0.3 is 5.32 Å². The van der Waals surface area contributed by atoms with Crippen LogP contribution < -0.4 is 5.32 Å². The summed E-state index contributed by atoms with van der Waals surface area (Å²) in [6, 6.07) is 14.0. The zero-order valence-corrected chi connectivity index (χ0v) is 18.5. The molecule has 0 atom stereocenters. The van der Waals surface area contributed by atoms with E-state index in [0.717, 1.165) is 40.0 Å². The minimum Gasteiger partial charge on any atom is -0.352 e. The van der Waals surface area contributed by atoms with Crippen LogP contribution in [0.15, 0.2) is 42.5 Å². The van der Waals surface area contributed by atoms with E-state index < -0.39 is 0 Å². The summed E-state index contributed by atoms with van der Waals surface area (Å²) in [7, 11) is 0. The molecule has 0 aliphatic carbocycles. The van der Waals surface area contributed by atoms with Crippen LogP contribution >= 0.6 is 11.3 Å². The third-order valence-corrected chi connectivity index (χ3v) is 6.29. The summed E-state index contributed by atoms with van der Waals surface area (Å²) in [4.78, 5) is 20.1. The van der Waals surface area contributed by atoms with Gasteiger partial charge in [-0.15, -0.1) is 11.3 Å². The van der Waals surface area contributed by atoms with E-state index in [0.29, 0.717) is 0 Å². The molecule has 0 saturated carbocycles. The Morgan fingerprint density at radius 2 is 1.69 bits per heavy atom. The molecule has 3 aromatic rings. The Morgan fingerprint density at radius 1 is 0.966 bits per heavy atom. The van der Waals surface area contributed by atoms with E-state index in [4.69, 9.17) is 4.98 Å². The molecule has 4 heteroatoms. The normalized spacial score (nSPS) is 11.1. The number of para-hydroxylation sites is 1. The first kappa shape index (κ1) is 21.5. The van der Waals surface area contributed by atoms with Crippen LogP contribution in [0, 0.1) is 6.92 Å². The van der Waals surface area contributed by atoms with Crippen molar-refractivity contribution >= 4 is 28.1 Å². The third-order valence-electron chi connectivity index (χ3n) is 5.27. The highest BCUT2D eigenvalue weighted by Crippen LogP contribution is 2.29. The number of amides is 1. The number of carbonyl (C=O) groups excluding carboxylic acids is 1. The van der Waals surface area contributed by atoms with Crippen molar-refractivity contribution in [1.29, 1.82) is 0 Å². The van der Waals surface area contributed by atoms with E-state index in [2.05, 4.69) is 31.3 Å². The van der Waals surface area contributed by atoms with E-state index in [1.807, 2.05) is 30.3 Å². The second kappa shape index (κ2) is 11.1. The van der Waals surface area contributed by atoms with Crippen molar-refractivity contribution in [3.8, 4) is 10.6 Å². The number of aromatic nitrogens is 1. The van der Waals surface area contributed by atoms with Crippen molar-refractivity contribution in [1.82, 2.24) is 10.3 Å². The standard InChI is InChI=1S/C25H32N2OS/c1-3-4-5-6-7-8-9-12-17-26-25(28)21-18-23(24-16-15-19(2)29-24)27-22-14-11-10-13-20(21)22/h10-11,13-16,18H,3-9,12,17H2,1-2H3,(H,26,28). The van der Waals surface area contributed by atoms with Gasteiger partial charge >= 0.3 is 0 Å². The Labute approximate surface area is 178 Å². The lowest BCUT2D eigenvalue weighted by molar-refractivity contribution is 0.0954. The van der Waals surface area contributed by atoms with Crippen LogP contribution in [0.4, 0.5) is 0 Å². The minimum absolute atomic E-state index is 0.000994. The maximum absolute atomic E-state index is 12.9. The second-order valence-electron chi connectivity index (χ2n) is 7.71. The molecule has 0 saturated heterocycles. The average molecular weight is 409 g/mol. The first-order valence-electron chi connectivity index (χ1n) is 10.9. The largest absolute Gasteiger partial charge is 0.352 e. The molecule has 2 aromatic heterocycles. The predicted octanol–water partition coefficient (Wildman–Crippen LogP) is 7.14. The number of nitrogens with zero attached hydrogens (tertiary/aromatic N) is 1. The van der Waals surface area contributed by atoms with Crippen molar-refractivity contribution in [3.63, 3.8) is 0 Å². The molecule has 0 aliphatic heterocycles. The van der Waals surface area contributed by atoms with Crippen molar-refractivity contribution < 1.29 is 4.79 Å². The van der Waals surface area contributed by atoms with Gasteiger partial charge in [-0.25, -0.2) is 4.98 Å². The zero-order valence-electron chi connectivity index (χ0n) is 17.7. The van der Waals surface area contributed by atoms with Crippen LogP contribution in [0.25, 0.3) is 21.5 Å². The molecule has 1 amide bonds. The fourth-order valence-corrected chi connectivity index (χ4v) is 4.45. The van der Waals surface area contributed by atoms with Crippen molar-refractivity contribution in [2.75, 3.05) is 6.54 Å². The molecule has 3 rings (SSSR count). The average Bonchev–Trinajstić information content (AvgIpc) is 3.18. The summed E-state index contributed by atoms with van der Waals surface area (Å²) in [6.45, 7) is 5.07. The van der Waals surface area contributed by atoms with Gasteiger partial charge in [-0.2, -0.15) is 0 Å². The van der Waals surface area contributed by atoms with Gasteiger partial charge in [-0.05, 0) is 37.6 Å². The molecule has 3 nitrogen and oxygen atoms in total. The number of carbonyl (C=O) groups is 1. The number of thiophene rings is 1. The third kappa shape index (κ3) is 6.14. The number of benzene rings is 1. The van der Waals surface area contributed by atoms with Crippen LogP contribution in [0.5, 0.6) is 0 Å². The van der Waals surface area contributed by atoms with Gasteiger partial charge in [0.25, 0.3) is 5.91 Å². The molecule has 0 radical (unpaired) electrons. The van der Waals surface area contributed by atoms with Crippen LogP contribution in [0.3, 0.4) is 0 Å². The summed E-state index contributed by atoms with van der Waals surface area (Å²) < 4.78 is 0. The Hall–Kier alpha value is -2.20. The van der Waals surface area contributed by atoms with Gasteiger partial charge in [0.05, 0.1) is 21.7 Å². The molecule has 0 fully saturated rings. The van der Waals surface area contributed by atoms with Gasteiger partial charge in [-0.1, -0.05) is 70.1 Å². The molecule has 0 unspecified atom stereocenters. The molecular formula is C25H32N2OS. The molecule has 154 valence electrons. The number of hydrogen-bond acceptors (Lipinski definition) is 3. The monoisotopic (exact) mass is 408 g/mol. The fourth-order valence-electron chi connectivity index (χ4n) is 3.62. The van der Waals surface area contributed by atoms with Crippen molar-refractivity contribution in [2.45, 2.75) is 65.2 Å². The van der Waals surface area contributed by atoms with E-state index in [1.165, 1.54) is 49.8 Å². The number of rotatable bonds is 11. The minimum atomic E-state index is 0.000994. The lowest BCUT2D eigenvalue weighted by Gasteiger charge is -2.10. The Morgan fingerprint density at radius 3 is 2.41 bits per heavy atom. The quantitative estimate of drug-likeness (QED) is 0.342. The number of hydrogen-bond donors (Lipinski definition) is 1. The number of nitrogens with one attached hydrogen (secondary N) is 1. The topological polar surface area (TPSA) is 42.0 Å². The van der Waals surface area contributed by atoms with E-state index in [9.17, 15) is 4.79 Å². The SMILES string of the molecule is CCCCCCCCCCNC(=O)c1cc(-c2ccc(C)s2)nc2ccccc12. The van der Waals surface area contributed by atoms with Crippen LogP contribution in [0.2, 0.25) is 0 Å². The van der Waals surface area contributed by atoms with Gasteiger partial charge in [-0.3, -0.25) is 4.79 Å². The lowest BCUT2D eigenvalue weighted by atomic mass is 10.1. The molecule has 2 heterocycles. The summed E-state index contributed by atoms with van der Waals surface area (Å²) >= 11 is 1.71. The summed E-state index contributed by atoms with van der Waals surface area (Å²) in [5.41, 5.74) is 2.46. The van der Waals surface area contributed by atoms with Crippen LogP contribution in [0.1, 0.15) is 73.5 Å². The smallest absolute Gasteiger partial charge is 0.252 e. The van der Waals surface area contributed by atoms with Gasteiger partial charge in [0.15, 0.2) is 0 Å². The van der Waals surface area contributed by atoms with E-state index in [-0.39, 0.29) is 5.91 Å². The highest BCUT2D eigenvalue weighted by Gasteiger charge is 2.14. The second-order valence-corrected chi connectivity index (χ2v) is 9.00. The molecule has 1 N–H and O–H groups in total.